The van der Waals surface area contributed by atoms with Crippen LogP contribution in [0.5, 0.6) is 0 Å². The summed E-state index contributed by atoms with van der Waals surface area (Å²) >= 11 is 5.14. The zero-order valence-electron chi connectivity index (χ0n) is 10.6. The summed E-state index contributed by atoms with van der Waals surface area (Å²) < 4.78 is 1.06. The second-order valence-electron chi connectivity index (χ2n) is 4.32. The molecule has 5 heteroatoms. The number of hydrogen-bond acceptors (Lipinski definition) is 4. The fourth-order valence-electron chi connectivity index (χ4n) is 1.95. The van der Waals surface area contributed by atoms with Gasteiger partial charge in [-0.05, 0) is 43.7 Å². The molecule has 0 bridgehead atoms. The molecular formula is C14H12BrN3S. The molecular weight excluding hydrogens is 322 g/mol. The van der Waals surface area contributed by atoms with Gasteiger partial charge >= 0.3 is 0 Å². The molecule has 1 aromatic carbocycles. The van der Waals surface area contributed by atoms with E-state index >= 15 is 0 Å². The van der Waals surface area contributed by atoms with Gasteiger partial charge in [0.15, 0.2) is 0 Å². The molecule has 0 fully saturated rings. The van der Waals surface area contributed by atoms with E-state index in [9.17, 15) is 0 Å². The monoisotopic (exact) mass is 333 g/mol. The lowest BCUT2D eigenvalue weighted by atomic mass is 10.2. The molecule has 1 N–H and O–H groups in total. The average Bonchev–Trinajstić information content (AvgIpc) is 2.69. The van der Waals surface area contributed by atoms with E-state index in [1.807, 2.05) is 24.3 Å². The van der Waals surface area contributed by atoms with E-state index in [2.05, 4.69) is 45.1 Å². The highest BCUT2D eigenvalue weighted by molar-refractivity contribution is 9.10. The van der Waals surface area contributed by atoms with Crippen LogP contribution in [0.25, 0.3) is 10.2 Å². The van der Waals surface area contributed by atoms with E-state index in [0.29, 0.717) is 0 Å². The van der Waals surface area contributed by atoms with Crippen molar-refractivity contribution in [2.75, 3.05) is 5.32 Å². The smallest absolute Gasteiger partial charge is 0.142 e. The number of aryl methyl sites for hydroxylation is 2. The lowest BCUT2D eigenvalue weighted by Crippen LogP contribution is -1.95. The molecule has 3 nitrogen and oxygen atoms in total. The first kappa shape index (κ1) is 12.6. The molecule has 96 valence electrons. The second-order valence-corrected chi connectivity index (χ2v) is 6.44. The quantitative estimate of drug-likeness (QED) is 0.730. The van der Waals surface area contributed by atoms with Gasteiger partial charge < -0.3 is 5.32 Å². The normalized spacial score (nSPS) is 10.9. The zero-order valence-corrected chi connectivity index (χ0v) is 13.0. The molecule has 0 spiro atoms. The van der Waals surface area contributed by atoms with E-state index in [0.717, 1.165) is 26.2 Å². The highest BCUT2D eigenvalue weighted by Gasteiger charge is 2.11. The van der Waals surface area contributed by atoms with Crippen molar-refractivity contribution < 1.29 is 0 Å². The third-order valence-electron chi connectivity index (χ3n) is 3.07. The fourth-order valence-corrected chi connectivity index (χ4v) is 3.21. The molecule has 0 radical (unpaired) electrons. The fraction of sp³-hybridized carbons (Fsp3) is 0.143. The van der Waals surface area contributed by atoms with Crippen LogP contribution in [0, 0.1) is 13.8 Å². The molecule has 0 saturated heterocycles. The summed E-state index contributed by atoms with van der Waals surface area (Å²) in [6.07, 6.45) is 1.61. The Morgan fingerprint density at radius 2 is 1.84 bits per heavy atom. The third-order valence-corrected chi connectivity index (χ3v) is 4.72. The van der Waals surface area contributed by atoms with E-state index in [1.54, 1.807) is 17.7 Å². The van der Waals surface area contributed by atoms with Crippen molar-refractivity contribution in [1.82, 2.24) is 9.97 Å². The number of anilines is 2. The molecule has 3 aromatic rings. The molecule has 3 rings (SSSR count). The average molecular weight is 334 g/mol. The van der Waals surface area contributed by atoms with E-state index < -0.39 is 0 Å². The Balaban J connectivity index is 2.07. The van der Waals surface area contributed by atoms with Crippen LogP contribution in [0.3, 0.4) is 0 Å². The van der Waals surface area contributed by atoms with Crippen molar-refractivity contribution in [3.8, 4) is 0 Å². The maximum atomic E-state index is 4.37. The largest absolute Gasteiger partial charge is 0.340 e. The van der Waals surface area contributed by atoms with Gasteiger partial charge in [0, 0.05) is 15.0 Å². The summed E-state index contributed by atoms with van der Waals surface area (Å²) in [4.78, 5) is 11.0. The molecule has 0 amide bonds. The van der Waals surface area contributed by atoms with E-state index in [-0.39, 0.29) is 0 Å². The lowest BCUT2D eigenvalue weighted by Gasteiger charge is -2.07. The van der Waals surface area contributed by atoms with Gasteiger partial charge in [-0.3, -0.25) is 0 Å². The van der Waals surface area contributed by atoms with Crippen LogP contribution < -0.4 is 5.32 Å². The van der Waals surface area contributed by atoms with Crippen LogP contribution in [-0.4, -0.2) is 9.97 Å². The van der Waals surface area contributed by atoms with E-state index in [1.165, 1.54) is 10.4 Å². The minimum atomic E-state index is 0.870. The van der Waals surface area contributed by atoms with Gasteiger partial charge in [0.05, 0.1) is 5.39 Å². The van der Waals surface area contributed by atoms with Crippen molar-refractivity contribution in [2.24, 2.45) is 0 Å². The standard InChI is InChI=1S/C14H12BrN3S/c1-8-9(2)19-14-12(8)13(16-7-17-14)18-11-5-3-10(15)4-6-11/h3-7H,1-2H3,(H,16,17,18). The Bertz CT molecular complexity index is 734. The minimum Gasteiger partial charge on any atom is -0.340 e. The van der Waals surface area contributed by atoms with Crippen LogP contribution >= 0.6 is 27.3 Å². The number of rotatable bonds is 2. The van der Waals surface area contributed by atoms with Crippen LogP contribution in [0.1, 0.15) is 10.4 Å². The summed E-state index contributed by atoms with van der Waals surface area (Å²) in [6.45, 7) is 4.23. The maximum Gasteiger partial charge on any atom is 0.142 e. The van der Waals surface area contributed by atoms with Crippen molar-refractivity contribution in [3.05, 3.63) is 45.5 Å². The topological polar surface area (TPSA) is 37.8 Å². The molecule has 0 unspecified atom stereocenters. The zero-order chi connectivity index (χ0) is 13.4. The first-order chi connectivity index (χ1) is 9.15. The number of hydrogen-bond donors (Lipinski definition) is 1. The Hall–Kier alpha value is -1.46. The highest BCUT2D eigenvalue weighted by atomic mass is 79.9. The first-order valence-electron chi connectivity index (χ1n) is 5.88. The van der Waals surface area contributed by atoms with Crippen LogP contribution in [-0.2, 0) is 0 Å². The predicted octanol–water partition coefficient (Wildman–Crippen LogP) is 4.81. The summed E-state index contributed by atoms with van der Waals surface area (Å²) in [5.74, 6) is 0.870. The Morgan fingerprint density at radius 1 is 1.11 bits per heavy atom. The van der Waals surface area contributed by atoms with Crippen molar-refractivity contribution >= 4 is 49.0 Å². The molecule has 0 aliphatic heterocycles. The summed E-state index contributed by atoms with van der Waals surface area (Å²) in [7, 11) is 0. The van der Waals surface area contributed by atoms with Gasteiger partial charge in [0.2, 0.25) is 0 Å². The van der Waals surface area contributed by atoms with Gasteiger partial charge in [0.1, 0.15) is 17.0 Å². The van der Waals surface area contributed by atoms with Crippen LogP contribution in [0.15, 0.2) is 35.1 Å². The molecule has 0 aliphatic carbocycles. The third kappa shape index (κ3) is 2.35. The lowest BCUT2D eigenvalue weighted by molar-refractivity contribution is 1.22. The molecule has 2 heterocycles. The number of thiophene rings is 1. The second kappa shape index (κ2) is 4.90. The molecule has 0 aliphatic rings. The minimum absolute atomic E-state index is 0.870. The molecule has 2 aromatic heterocycles. The van der Waals surface area contributed by atoms with Crippen molar-refractivity contribution in [1.29, 1.82) is 0 Å². The first-order valence-corrected chi connectivity index (χ1v) is 7.49. The Kier molecular flexibility index (Phi) is 3.24. The summed E-state index contributed by atoms with van der Waals surface area (Å²) in [6, 6.07) is 8.05. The SMILES string of the molecule is Cc1sc2ncnc(Nc3ccc(Br)cc3)c2c1C. The number of fused-ring (bicyclic) bond motifs is 1. The van der Waals surface area contributed by atoms with Crippen molar-refractivity contribution in [2.45, 2.75) is 13.8 Å². The van der Waals surface area contributed by atoms with Gasteiger partial charge in [-0.2, -0.15) is 0 Å². The molecule has 0 saturated carbocycles. The van der Waals surface area contributed by atoms with E-state index in [4.69, 9.17) is 0 Å². The Labute approximate surface area is 123 Å². The number of nitrogens with one attached hydrogen (secondary N) is 1. The Morgan fingerprint density at radius 3 is 2.58 bits per heavy atom. The number of nitrogens with zero attached hydrogens (tertiary/aromatic N) is 2. The number of aromatic nitrogens is 2. The predicted molar refractivity (Wildman–Crippen MR) is 84.3 cm³/mol. The number of benzene rings is 1. The van der Waals surface area contributed by atoms with Gasteiger partial charge in [-0.15, -0.1) is 11.3 Å². The highest BCUT2D eigenvalue weighted by Crippen LogP contribution is 2.33. The molecule has 0 atom stereocenters. The summed E-state index contributed by atoms with van der Waals surface area (Å²) in [5, 5.41) is 4.48. The van der Waals surface area contributed by atoms with Gasteiger partial charge in [-0.25, -0.2) is 9.97 Å². The van der Waals surface area contributed by atoms with Crippen LogP contribution in [0.4, 0.5) is 11.5 Å². The molecule has 19 heavy (non-hydrogen) atoms. The summed E-state index contributed by atoms with van der Waals surface area (Å²) in [5.41, 5.74) is 2.27. The van der Waals surface area contributed by atoms with Gasteiger partial charge in [0.25, 0.3) is 0 Å². The van der Waals surface area contributed by atoms with Crippen LogP contribution in [0.2, 0.25) is 0 Å². The maximum absolute atomic E-state index is 4.37. The number of halogens is 1. The van der Waals surface area contributed by atoms with Crippen molar-refractivity contribution in [3.63, 3.8) is 0 Å². The van der Waals surface area contributed by atoms with Gasteiger partial charge in [-0.1, -0.05) is 15.9 Å².